The second kappa shape index (κ2) is 5.68. The molecule has 21 heavy (non-hydrogen) atoms. The summed E-state index contributed by atoms with van der Waals surface area (Å²) < 4.78 is 5.66. The lowest BCUT2D eigenvalue weighted by atomic mass is 9.74. The van der Waals surface area contributed by atoms with Crippen LogP contribution in [0, 0.1) is 11.3 Å². The van der Waals surface area contributed by atoms with Gasteiger partial charge in [0.25, 0.3) is 0 Å². The average molecular weight is 288 g/mol. The topological polar surface area (TPSA) is 41.6 Å². The fourth-order valence-electron chi connectivity index (χ4n) is 3.37. The lowest BCUT2D eigenvalue weighted by Gasteiger charge is -2.41. The number of fused-ring (bicyclic) bond motifs is 1. The molecule has 2 heterocycles. The molecule has 0 radical (unpaired) electrons. The van der Waals surface area contributed by atoms with Gasteiger partial charge in [0.1, 0.15) is 12.4 Å². The van der Waals surface area contributed by atoms with Gasteiger partial charge in [0.15, 0.2) is 0 Å². The number of carbonyl (C=O) groups is 1. The molecule has 3 rings (SSSR count). The van der Waals surface area contributed by atoms with Crippen LogP contribution < -0.4 is 15.0 Å². The highest BCUT2D eigenvalue weighted by Gasteiger charge is 2.41. The molecule has 2 aliphatic rings. The number of rotatable bonds is 2. The van der Waals surface area contributed by atoms with E-state index in [1.807, 2.05) is 29.2 Å². The van der Waals surface area contributed by atoms with E-state index < -0.39 is 0 Å². The van der Waals surface area contributed by atoms with Crippen LogP contribution in [0.25, 0.3) is 0 Å². The van der Waals surface area contributed by atoms with Gasteiger partial charge in [-0.25, -0.2) is 0 Å². The molecule has 114 valence electrons. The third kappa shape index (κ3) is 2.64. The fourth-order valence-corrected chi connectivity index (χ4v) is 3.37. The van der Waals surface area contributed by atoms with Crippen molar-refractivity contribution in [1.82, 2.24) is 5.32 Å². The summed E-state index contributed by atoms with van der Waals surface area (Å²) in [7, 11) is 0. The first-order valence-electron chi connectivity index (χ1n) is 7.85. The first-order valence-corrected chi connectivity index (χ1v) is 7.85. The van der Waals surface area contributed by atoms with Crippen molar-refractivity contribution in [3.8, 4) is 5.75 Å². The van der Waals surface area contributed by atoms with Crippen LogP contribution in [0.3, 0.4) is 0 Å². The maximum atomic E-state index is 13.1. The van der Waals surface area contributed by atoms with Crippen LogP contribution in [0.15, 0.2) is 24.3 Å². The Morgan fingerprint density at radius 2 is 2.19 bits per heavy atom. The molecule has 0 aromatic heterocycles. The molecule has 1 atom stereocenters. The van der Waals surface area contributed by atoms with E-state index in [4.69, 9.17) is 4.74 Å². The molecule has 1 N–H and O–H groups in total. The summed E-state index contributed by atoms with van der Waals surface area (Å²) in [5, 5.41) is 3.42. The number of hydrogen-bond acceptors (Lipinski definition) is 3. The lowest BCUT2D eigenvalue weighted by molar-refractivity contribution is -0.130. The molecule has 0 saturated carbocycles. The van der Waals surface area contributed by atoms with Gasteiger partial charge in [-0.15, -0.1) is 0 Å². The van der Waals surface area contributed by atoms with E-state index in [2.05, 4.69) is 19.2 Å². The van der Waals surface area contributed by atoms with E-state index in [1.54, 1.807) is 0 Å². The highest BCUT2D eigenvalue weighted by Crippen LogP contribution is 2.38. The molecular weight excluding hydrogens is 264 g/mol. The summed E-state index contributed by atoms with van der Waals surface area (Å²) in [6.45, 7) is 7.39. The average Bonchev–Trinajstić information content (AvgIpc) is 2.54. The van der Waals surface area contributed by atoms with Crippen molar-refractivity contribution in [1.29, 1.82) is 0 Å². The Labute approximate surface area is 126 Å². The maximum Gasteiger partial charge on any atom is 0.233 e. The van der Waals surface area contributed by atoms with E-state index in [0.717, 1.165) is 37.4 Å². The summed E-state index contributed by atoms with van der Waals surface area (Å²) in [5.74, 6) is 1.43. The Bertz CT molecular complexity index is 521. The Morgan fingerprint density at radius 3 is 2.95 bits per heavy atom. The highest BCUT2D eigenvalue weighted by atomic mass is 16.5. The van der Waals surface area contributed by atoms with Gasteiger partial charge in [0, 0.05) is 5.41 Å². The van der Waals surface area contributed by atoms with Crippen LogP contribution >= 0.6 is 0 Å². The number of carbonyl (C=O) groups excluding carboxylic acids is 1. The standard InChI is InChI=1S/C17H24N2O2/c1-17(2,13-6-5-9-18-12-13)16(20)19-10-11-21-15-8-4-3-7-14(15)19/h3-4,7-8,13,18H,5-6,9-12H2,1-2H3. The number of amides is 1. The van der Waals surface area contributed by atoms with E-state index in [-0.39, 0.29) is 11.3 Å². The summed E-state index contributed by atoms with van der Waals surface area (Å²) in [6.07, 6.45) is 2.28. The molecule has 1 aromatic rings. The minimum absolute atomic E-state index is 0.215. The Kier molecular flexibility index (Phi) is 3.89. The number of nitrogens with one attached hydrogen (secondary N) is 1. The van der Waals surface area contributed by atoms with Crippen LogP contribution in [0.2, 0.25) is 0 Å². The molecule has 0 aliphatic carbocycles. The molecule has 1 saturated heterocycles. The summed E-state index contributed by atoms with van der Waals surface area (Å²) in [4.78, 5) is 15.0. The van der Waals surface area contributed by atoms with Crippen molar-refractivity contribution in [2.45, 2.75) is 26.7 Å². The zero-order valence-electron chi connectivity index (χ0n) is 12.9. The predicted octanol–water partition coefficient (Wildman–Crippen LogP) is 2.44. The minimum Gasteiger partial charge on any atom is -0.490 e. The number of ether oxygens (including phenoxy) is 1. The van der Waals surface area contributed by atoms with Crippen molar-refractivity contribution < 1.29 is 9.53 Å². The summed E-state index contributed by atoms with van der Waals surface area (Å²) in [5.41, 5.74) is 0.559. The lowest BCUT2D eigenvalue weighted by Crippen LogP contribution is -2.51. The van der Waals surface area contributed by atoms with Crippen molar-refractivity contribution in [2.75, 3.05) is 31.1 Å². The van der Waals surface area contributed by atoms with Gasteiger partial charge in [0.2, 0.25) is 5.91 Å². The second-order valence-corrected chi connectivity index (χ2v) is 6.54. The van der Waals surface area contributed by atoms with Crippen LogP contribution in [-0.4, -0.2) is 32.1 Å². The van der Waals surface area contributed by atoms with Gasteiger partial charge < -0.3 is 15.0 Å². The molecule has 1 unspecified atom stereocenters. The smallest absolute Gasteiger partial charge is 0.233 e. The van der Waals surface area contributed by atoms with Crippen LogP contribution in [0.5, 0.6) is 5.75 Å². The number of benzene rings is 1. The third-order valence-electron chi connectivity index (χ3n) is 4.84. The van der Waals surface area contributed by atoms with Crippen LogP contribution in [0.4, 0.5) is 5.69 Å². The molecular formula is C17H24N2O2. The molecule has 1 aromatic carbocycles. The largest absolute Gasteiger partial charge is 0.490 e. The number of para-hydroxylation sites is 2. The molecule has 4 nitrogen and oxygen atoms in total. The number of piperidine rings is 1. The van der Waals surface area contributed by atoms with E-state index in [0.29, 0.717) is 19.1 Å². The first-order chi connectivity index (χ1) is 10.1. The summed E-state index contributed by atoms with van der Waals surface area (Å²) >= 11 is 0. The van der Waals surface area contributed by atoms with Gasteiger partial charge in [-0.05, 0) is 44.0 Å². The SMILES string of the molecule is CC(C)(C(=O)N1CCOc2ccccc21)C1CCCNC1. The minimum atomic E-state index is -0.349. The van der Waals surface area contributed by atoms with Gasteiger partial charge in [-0.2, -0.15) is 0 Å². The highest BCUT2D eigenvalue weighted by molar-refractivity contribution is 5.99. The van der Waals surface area contributed by atoms with Crippen LogP contribution in [0.1, 0.15) is 26.7 Å². The van der Waals surface area contributed by atoms with Gasteiger partial charge in [-0.1, -0.05) is 26.0 Å². The molecule has 0 bridgehead atoms. The third-order valence-corrected chi connectivity index (χ3v) is 4.84. The normalized spacial score (nSPS) is 22.4. The van der Waals surface area contributed by atoms with Crippen molar-refractivity contribution in [2.24, 2.45) is 11.3 Å². The Morgan fingerprint density at radius 1 is 1.38 bits per heavy atom. The van der Waals surface area contributed by atoms with Gasteiger partial charge >= 0.3 is 0 Å². The second-order valence-electron chi connectivity index (χ2n) is 6.54. The van der Waals surface area contributed by atoms with Crippen molar-refractivity contribution >= 4 is 11.6 Å². The number of nitrogens with zero attached hydrogens (tertiary/aromatic N) is 1. The summed E-state index contributed by atoms with van der Waals surface area (Å²) in [6, 6.07) is 7.82. The molecule has 4 heteroatoms. The maximum absolute atomic E-state index is 13.1. The molecule has 0 spiro atoms. The Balaban J connectivity index is 1.85. The van der Waals surface area contributed by atoms with E-state index in [9.17, 15) is 4.79 Å². The van der Waals surface area contributed by atoms with Crippen LogP contribution in [-0.2, 0) is 4.79 Å². The number of anilines is 1. The van der Waals surface area contributed by atoms with Gasteiger partial charge in [0.05, 0.1) is 12.2 Å². The first kappa shape index (κ1) is 14.4. The number of hydrogen-bond donors (Lipinski definition) is 1. The quantitative estimate of drug-likeness (QED) is 0.909. The van der Waals surface area contributed by atoms with Crippen molar-refractivity contribution in [3.05, 3.63) is 24.3 Å². The Hall–Kier alpha value is -1.55. The van der Waals surface area contributed by atoms with Gasteiger partial charge in [-0.3, -0.25) is 4.79 Å². The zero-order chi connectivity index (χ0) is 14.9. The van der Waals surface area contributed by atoms with Crippen molar-refractivity contribution in [3.63, 3.8) is 0 Å². The molecule has 1 amide bonds. The fraction of sp³-hybridized carbons (Fsp3) is 0.588. The monoisotopic (exact) mass is 288 g/mol. The van der Waals surface area contributed by atoms with E-state index in [1.165, 1.54) is 0 Å². The molecule has 1 fully saturated rings. The molecule has 2 aliphatic heterocycles. The predicted molar refractivity (Wildman–Crippen MR) is 83.7 cm³/mol. The zero-order valence-corrected chi connectivity index (χ0v) is 12.9. The van der Waals surface area contributed by atoms with E-state index >= 15 is 0 Å².